The molecule has 0 saturated carbocycles. The molecule has 4 nitrogen and oxygen atoms in total. The van der Waals surface area contributed by atoms with Crippen LogP contribution in [0.5, 0.6) is 0 Å². The van der Waals surface area contributed by atoms with Gasteiger partial charge in [0.1, 0.15) is 0 Å². The summed E-state index contributed by atoms with van der Waals surface area (Å²) in [5.41, 5.74) is 1.25. The Morgan fingerprint density at radius 2 is 2.32 bits per heavy atom. The van der Waals surface area contributed by atoms with E-state index in [9.17, 15) is 0 Å². The Hall–Kier alpha value is -0.650. The van der Waals surface area contributed by atoms with Crippen LogP contribution in [0, 0.1) is 0 Å². The minimum Gasteiger partial charge on any atom is -0.380 e. The molecular weight excluding hydrogens is 258 g/mol. The molecule has 0 bridgehead atoms. The summed E-state index contributed by atoms with van der Waals surface area (Å²) in [5.74, 6) is 0. The van der Waals surface area contributed by atoms with E-state index in [-0.39, 0.29) is 0 Å². The lowest BCUT2D eigenvalue weighted by molar-refractivity contribution is 0.121. The van der Waals surface area contributed by atoms with Crippen LogP contribution < -0.4 is 10.2 Å². The lowest BCUT2D eigenvalue weighted by atomic mass is 10.3. The number of hydrogen-bond donors (Lipinski definition) is 1. The number of anilines is 1. The van der Waals surface area contributed by atoms with E-state index in [2.05, 4.69) is 24.1 Å². The summed E-state index contributed by atoms with van der Waals surface area (Å²) in [7, 11) is 1.80. The van der Waals surface area contributed by atoms with Gasteiger partial charge in [0.15, 0.2) is 5.13 Å². The lowest BCUT2D eigenvalue weighted by Gasteiger charge is -2.13. The molecule has 0 aromatic carbocycles. The maximum Gasteiger partial charge on any atom is 0.185 e. The van der Waals surface area contributed by atoms with E-state index in [4.69, 9.17) is 9.72 Å². The van der Waals surface area contributed by atoms with Gasteiger partial charge in [-0.05, 0) is 25.8 Å². The minimum atomic E-state index is 0.371. The van der Waals surface area contributed by atoms with Gasteiger partial charge in [0.25, 0.3) is 0 Å². The molecule has 0 aliphatic carbocycles. The van der Waals surface area contributed by atoms with Crippen molar-refractivity contribution in [2.24, 2.45) is 0 Å². The number of nitrogens with zero attached hydrogens (tertiary/aromatic N) is 2. The van der Waals surface area contributed by atoms with Crippen LogP contribution in [0.4, 0.5) is 5.13 Å². The molecule has 2 heterocycles. The number of ether oxygens (including phenoxy) is 1. The van der Waals surface area contributed by atoms with Crippen molar-refractivity contribution >= 4 is 16.5 Å². The lowest BCUT2D eigenvalue weighted by Crippen LogP contribution is -2.21. The number of aromatic nitrogens is 1. The summed E-state index contributed by atoms with van der Waals surface area (Å²) in [6.07, 6.45) is 3.67. The normalized spacial score (nSPS) is 19.3. The number of rotatable bonds is 7. The fraction of sp³-hybridized carbons (Fsp3) is 0.786. The van der Waals surface area contributed by atoms with Gasteiger partial charge in [-0.25, -0.2) is 4.98 Å². The van der Waals surface area contributed by atoms with Crippen molar-refractivity contribution in [1.82, 2.24) is 10.3 Å². The molecule has 0 amide bonds. The van der Waals surface area contributed by atoms with E-state index in [0.29, 0.717) is 6.10 Å². The average molecular weight is 283 g/mol. The molecule has 1 aliphatic rings. The zero-order chi connectivity index (χ0) is 13.7. The van der Waals surface area contributed by atoms with Crippen molar-refractivity contribution < 1.29 is 4.74 Å². The molecule has 1 aromatic heterocycles. The zero-order valence-corrected chi connectivity index (χ0v) is 13.1. The fourth-order valence-electron chi connectivity index (χ4n) is 2.39. The second-order valence-corrected chi connectivity index (χ2v) is 6.05. The van der Waals surface area contributed by atoms with Crippen LogP contribution in [0.25, 0.3) is 0 Å². The quantitative estimate of drug-likeness (QED) is 0.780. The molecule has 1 unspecified atom stereocenters. The number of aryl methyl sites for hydroxylation is 1. The van der Waals surface area contributed by atoms with Crippen molar-refractivity contribution in [3.63, 3.8) is 0 Å². The molecule has 5 heteroatoms. The third-order valence-corrected chi connectivity index (χ3v) is 4.72. The van der Waals surface area contributed by atoms with Crippen LogP contribution in [0.1, 0.15) is 37.3 Å². The van der Waals surface area contributed by atoms with Crippen LogP contribution in [-0.2, 0) is 17.7 Å². The Bertz CT molecular complexity index is 394. The molecule has 1 aromatic rings. The molecule has 0 radical (unpaired) electrons. The van der Waals surface area contributed by atoms with Crippen LogP contribution in [0.15, 0.2) is 0 Å². The van der Waals surface area contributed by atoms with Gasteiger partial charge in [0, 0.05) is 31.6 Å². The molecule has 2 rings (SSSR count). The zero-order valence-electron chi connectivity index (χ0n) is 12.2. The molecule has 1 aliphatic heterocycles. The molecule has 0 spiro atoms. The predicted octanol–water partition coefficient (Wildman–Crippen LogP) is 2.43. The first-order valence-corrected chi connectivity index (χ1v) is 8.07. The van der Waals surface area contributed by atoms with Gasteiger partial charge in [0.05, 0.1) is 11.8 Å². The van der Waals surface area contributed by atoms with Crippen LogP contribution in [-0.4, -0.2) is 37.8 Å². The molecule has 1 fully saturated rings. The molecule has 1 saturated heterocycles. The largest absolute Gasteiger partial charge is 0.380 e. The first kappa shape index (κ1) is 14.8. The molecule has 1 atom stereocenters. The highest BCUT2D eigenvalue weighted by Crippen LogP contribution is 2.29. The highest BCUT2D eigenvalue weighted by Gasteiger charge is 2.25. The molecule has 1 N–H and O–H groups in total. The van der Waals surface area contributed by atoms with Crippen molar-refractivity contribution in [2.75, 3.05) is 31.6 Å². The van der Waals surface area contributed by atoms with Crippen molar-refractivity contribution in [3.8, 4) is 0 Å². The Morgan fingerprint density at radius 1 is 1.47 bits per heavy atom. The van der Waals surface area contributed by atoms with Gasteiger partial charge in [0.2, 0.25) is 0 Å². The monoisotopic (exact) mass is 283 g/mol. The first-order chi connectivity index (χ1) is 9.28. The summed E-state index contributed by atoms with van der Waals surface area (Å²) in [4.78, 5) is 8.56. The highest BCUT2D eigenvalue weighted by atomic mass is 32.1. The molecular formula is C14H25N3OS. The van der Waals surface area contributed by atoms with E-state index >= 15 is 0 Å². The Morgan fingerprint density at radius 3 is 2.95 bits per heavy atom. The van der Waals surface area contributed by atoms with Gasteiger partial charge in [-0.15, -0.1) is 11.3 Å². The van der Waals surface area contributed by atoms with Crippen LogP contribution in [0.3, 0.4) is 0 Å². The third kappa shape index (κ3) is 3.68. The van der Waals surface area contributed by atoms with Crippen molar-refractivity contribution in [2.45, 2.75) is 45.8 Å². The number of thiazole rings is 1. The van der Waals surface area contributed by atoms with E-state index < -0.39 is 0 Å². The van der Waals surface area contributed by atoms with Crippen molar-refractivity contribution in [3.05, 3.63) is 10.6 Å². The molecule has 108 valence electrons. The maximum atomic E-state index is 5.43. The smallest absolute Gasteiger partial charge is 0.185 e. The van der Waals surface area contributed by atoms with Gasteiger partial charge in [-0.1, -0.05) is 13.8 Å². The summed E-state index contributed by atoms with van der Waals surface area (Å²) in [6, 6.07) is 0. The number of nitrogens with one attached hydrogen (secondary N) is 1. The van der Waals surface area contributed by atoms with Gasteiger partial charge < -0.3 is 15.0 Å². The van der Waals surface area contributed by atoms with Gasteiger partial charge >= 0.3 is 0 Å². The van der Waals surface area contributed by atoms with Crippen molar-refractivity contribution in [1.29, 1.82) is 0 Å². The topological polar surface area (TPSA) is 37.4 Å². The Labute approximate surface area is 120 Å². The number of methoxy groups -OCH3 is 1. The Balaban J connectivity index is 2.01. The van der Waals surface area contributed by atoms with E-state index in [1.54, 1.807) is 7.11 Å². The number of hydrogen-bond acceptors (Lipinski definition) is 5. The summed E-state index contributed by atoms with van der Waals surface area (Å²) in [5, 5.41) is 4.65. The average Bonchev–Trinajstić information content (AvgIpc) is 3.05. The first-order valence-electron chi connectivity index (χ1n) is 7.25. The summed E-state index contributed by atoms with van der Waals surface area (Å²) < 4.78 is 5.43. The highest BCUT2D eigenvalue weighted by molar-refractivity contribution is 7.15. The third-order valence-electron chi connectivity index (χ3n) is 3.56. The van der Waals surface area contributed by atoms with Gasteiger partial charge in [-0.2, -0.15) is 0 Å². The summed E-state index contributed by atoms with van der Waals surface area (Å²) >= 11 is 1.84. The SMILES string of the molecule is CCCNCc1sc(N2CCC(OC)C2)nc1CC. The maximum absolute atomic E-state index is 5.43. The van der Waals surface area contributed by atoms with E-state index in [1.165, 1.54) is 22.1 Å². The second kappa shape index (κ2) is 7.22. The van der Waals surface area contributed by atoms with E-state index in [0.717, 1.165) is 39.0 Å². The second-order valence-electron chi connectivity index (χ2n) is 4.99. The minimum absolute atomic E-state index is 0.371. The van der Waals surface area contributed by atoms with Crippen LogP contribution >= 0.6 is 11.3 Å². The Kier molecular flexibility index (Phi) is 5.60. The predicted molar refractivity (Wildman–Crippen MR) is 81.1 cm³/mol. The van der Waals surface area contributed by atoms with E-state index in [1.807, 2.05) is 11.3 Å². The fourth-order valence-corrected chi connectivity index (χ4v) is 3.55. The summed E-state index contributed by atoms with van der Waals surface area (Å²) in [6.45, 7) is 8.46. The molecule has 19 heavy (non-hydrogen) atoms. The van der Waals surface area contributed by atoms with Crippen LogP contribution in [0.2, 0.25) is 0 Å². The van der Waals surface area contributed by atoms with Gasteiger partial charge in [-0.3, -0.25) is 0 Å². The standard InChI is InChI=1S/C14H25N3OS/c1-4-7-15-9-13-12(5-2)16-14(19-13)17-8-6-11(10-17)18-3/h11,15H,4-10H2,1-3H3.